The molecule has 108 valence electrons. The SMILES string of the molecule is CC(C)(C)CCC(=O)[O-].CC(C)(C)CCC(=O)[O-].[Mg+2]. The molecule has 0 aliphatic rings. The molecule has 0 radical (unpaired) electrons. The number of carboxylic acid groups (broad SMARTS) is 2. The van der Waals surface area contributed by atoms with E-state index in [1.807, 2.05) is 41.5 Å². The van der Waals surface area contributed by atoms with E-state index in [-0.39, 0.29) is 46.7 Å². The summed E-state index contributed by atoms with van der Waals surface area (Å²) in [6.45, 7) is 12.1. The number of rotatable bonds is 4. The number of carboxylic acids is 2. The molecule has 5 heteroatoms. The third kappa shape index (κ3) is 31.9. The van der Waals surface area contributed by atoms with Crippen LogP contribution in [-0.2, 0) is 9.59 Å². The standard InChI is InChI=1S/2C7H14O2.Mg/c2*1-7(2,3)5-4-6(8)9;/h2*4-5H2,1-3H3,(H,8,9);/q;;+2/p-2. The van der Waals surface area contributed by atoms with E-state index in [1.54, 1.807) is 0 Å². The summed E-state index contributed by atoms with van der Waals surface area (Å²) in [5, 5.41) is 19.9. The van der Waals surface area contributed by atoms with Gasteiger partial charge in [0.05, 0.1) is 0 Å². The van der Waals surface area contributed by atoms with E-state index in [0.717, 1.165) is 0 Å². The minimum Gasteiger partial charge on any atom is -0.550 e. The summed E-state index contributed by atoms with van der Waals surface area (Å²) in [6.07, 6.45) is 1.72. The summed E-state index contributed by atoms with van der Waals surface area (Å²) in [4.78, 5) is 19.9. The van der Waals surface area contributed by atoms with Crippen LogP contribution in [0.25, 0.3) is 0 Å². The predicted molar refractivity (Wildman–Crippen MR) is 73.1 cm³/mol. The molecule has 19 heavy (non-hydrogen) atoms. The van der Waals surface area contributed by atoms with E-state index >= 15 is 0 Å². The Morgan fingerprint density at radius 1 is 0.737 bits per heavy atom. The van der Waals surface area contributed by atoms with Crippen molar-refractivity contribution in [2.24, 2.45) is 10.8 Å². The topological polar surface area (TPSA) is 80.3 Å². The quantitative estimate of drug-likeness (QED) is 0.713. The fraction of sp³-hybridized carbons (Fsp3) is 0.857. The Kier molecular flexibility index (Phi) is 13.1. The zero-order chi connectivity index (χ0) is 15.0. The average Bonchev–Trinajstić information content (AvgIpc) is 2.10. The van der Waals surface area contributed by atoms with Crippen LogP contribution in [0.4, 0.5) is 0 Å². The summed E-state index contributed by atoms with van der Waals surface area (Å²) in [5.74, 6) is -1.91. The molecule has 0 aromatic heterocycles. The van der Waals surface area contributed by atoms with Gasteiger partial charge in [-0.2, -0.15) is 0 Å². The molecule has 0 fully saturated rings. The minimum atomic E-state index is -0.954. The number of hydrogen-bond donors (Lipinski definition) is 0. The predicted octanol–water partition coefficient (Wildman–Crippen LogP) is 0.744. The Bertz CT molecular complexity index is 234. The van der Waals surface area contributed by atoms with Gasteiger partial charge in [0.15, 0.2) is 0 Å². The van der Waals surface area contributed by atoms with Crippen LogP contribution in [-0.4, -0.2) is 35.0 Å². The first kappa shape index (κ1) is 23.8. The van der Waals surface area contributed by atoms with Crippen molar-refractivity contribution in [3.8, 4) is 0 Å². The molecule has 0 amide bonds. The van der Waals surface area contributed by atoms with Crippen LogP contribution < -0.4 is 10.2 Å². The Morgan fingerprint density at radius 3 is 1.00 bits per heavy atom. The third-order valence-corrected chi connectivity index (χ3v) is 2.16. The molecule has 0 heterocycles. The Hall–Kier alpha value is -0.294. The van der Waals surface area contributed by atoms with E-state index < -0.39 is 11.9 Å². The number of carbonyl (C=O) groups is 2. The van der Waals surface area contributed by atoms with Gasteiger partial charge in [-0.05, 0) is 36.5 Å². The van der Waals surface area contributed by atoms with E-state index in [0.29, 0.717) is 12.8 Å². The maximum absolute atomic E-state index is 9.93. The second-order valence-electron chi connectivity index (χ2n) is 6.87. The molecule has 0 aromatic carbocycles. The van der Waals surface area contributed by atoms with Crippen LogP contribution in [0, 0.1) is 10.8 Å². The van der Waals surface area contributed by atoms with Gasteiger partial charge in [0.2, 0.25) is 0 Å². The zero-order valence-corrected chi connectivity index (χ0v) is 14.6. The van der Waals surface area contributed by atoms with Crippen LogP contribution in [0.1, 0.15) is 67.2 Å². The monoisotopic (exact) mass is 282 g/mol. The summed E-state index contributed by atoms with van der Waals surface area (Å²) < 4.78 is 0. The smallest absolute Gasteiger partial charge is 0.550 e. The van der Waals surface area contributed by atoms with Gasteiger partial charge in [0.1, 0.15) is 0 Å². The molecule has 0 aromatic rings. The normalized spacial score (nSPS) is 10.8. The molecular weight excluding hydrogens is 256 g/mol. The molecule has 0 bridgehead atoms. The maximum atomic E-state index is 9.93. The maximum Gasteiger partial charge on any atom is 2.00 e. The Labute approximate surface area is 133 Å². The second-order valence-corrected chi connectivity index (χ2v) is 6.87. The minimum absolute atomic E-state index is 0. The van der Waals surface area contributed by atoms with Gasteiger partial charge in [0, 0.05) is 11.9 Å². The van der Waals surface area contributed by atoms with Gasteiger partial charge in [0.25, 0.3) is 0 Å². The first-order chi connectivity index (χ1) is 7.83. The Balaban J connectivity index is -0.000000256. The molecular formula is C14H26MgO4. The molecule has 0 unspecified atom stereocenters. The van der Waals surface area contributed by atoms with Gasteiger partial charge < -0.3 is 19.8 Å². The molecule has 0 saturated carbocycles. The first-order valence-corrected chi connectivity index (χ1v) is 6.23. The molecule has 4 nitrogen and oxygen atoms in total. The van der Waals surface area contributed by atoms with Crippen molar-refractivity contribution in [3.05, 3.63) is 0 Å². The number of aliphatic carboxylic acids is 2. The third-order valence-electron chi connectivity index (χ3n) is 2.16. The average molecular weight is 283 g/mol. The van der Waals surface area contributed by atoms with Gasteiger partial charge in [-0.15, -0.1) is 0 Å². The summed E-state index contributed by atoms with van der Waals surface area (Å²) in [7, 11) is 0. The molecule has 0 rings (SSSR count). The molecule has 0 aliphatic carbocycles. The van der Waals surface area contributed by atoms with Gasteiger partial charge in [-0.3, -0.25) is 0 Å². The number of carbonyl (C=O) groups excluding carboxylic acids is 2. The van der Waals surface area contributed by atoms with Crippen molar-refractivity contribution in [1.29, 1.82) is 0 Å². The molecule has 0 spiro atoms. The fourth-order valence-corrected chi connectivity index (χ4v) is 0.954. The fourth-order valence-electron chi connectivity index (χ4n) is 0.954. The van der Waals surface area contributed by atoms with Crippen LogP contribution >= 0.6 is 0 Å². The molecule has 0 aliphatic heterocycles. The van der Waals surface area contributed by atoms with E-state index in [1.165, 1.54) is 0 Å². The first-order valence-electron chi connectivity index (χ1n) is 6.23. The van der Waals surface area contributed by atoms with Gasteiger partial charge >= 0.3 is 23.1 Å². The van der Waals surface area contributed by atoms with Gasteiger partial charge in [-0.25, -0.2) is 0 Å². The van der Waals surface area contributed by atoms with E-state index in [4.69, 9.17) is 0 Å². The summed E-state index contributed by atoms with van der Waals surface area (Å²) in [6, 6.07) is 0. The zero-order valence-electron chi connectivity index (χ0n) is 13.2. The number of hydrogen-bond acceptors (Lipinski definition) is 4. The van der Waals surface area contributed by atoms with Crippen molar-refractivity contribution < 1.29 is 19.8 Å². The van der Waals surface area contributed by atoms with Gasteiger partial charge in [-0.1, -0.05) is 41.5 Å². The summed E-state index contributed by atoms with van der Waals surface area (Å²) in [5.41, 5.74) is 0.222. The van der Waals surface area contributed by atoms with E-state index in [9.17, 15) is 19.8 Å². The van der Waals surface area contributed by atoms with Crippen LogP contribution in [0.5, 0.6) is 0 Å². The van der Waals surface area contributed by atoms with Crippen molar-refractivity contribution in [3.63, 3.8) is 0 Å². The van der Waals surface area contributed by atoms with Crippen LogP contribution in [0.15, 0.2) is 0 Å². The molecule has 0 atom stereocenters. The largest absolute Gasteiger partial charge is 2.00 e. The molecule has 0 saturated heterocycles. The van der Waals surface area contributed by atoms with Crippen LogP contribution in [0.3, 0.4) is 0 Å². The molecule has 0 N–H and O–H groups in total. The van der Waals surface area contributed by atoms with Crippen LogP contribution in [0.2, 0.25) is 0 Å². The van der Waals surface area contributed by atoms with Crippen molar-refractivity contribution in [2.75, 3.05) is 0 Å². The summed E-state index contributed by atoms with van der Waals surface area (Å²) >= 11 is 0. The van der Waals surface area contributed by atoms with E-state index in [2.05, 4.69) is 0 Å². The second kappa shape index (κ2) is 10.5. The Morgan fingerprint density at radius 2 is 0.947 bits per heavy atom. The van der Waals surface area contributed by atoms with Crippen molar-refractivity contribution in [2.45, 2.75) is 67.2 Å². The van der Waals surface area contributed by atoms with Crippen molar-refractivity contribution >= 4 is 35.0 Å². The van der Waals surface area contributed by atoms with Crippen molar-refractivity contribution in [1.82, 2.24) is 0 Å².